The molecule has 96 valence electrons. The Hall–Kier alpha value is -1.23. The van der Waals surface area contributed by atoms with Gasteiger partial charge in [-0.2, -0.15) is 13.2 Å². The molecular weight excluding hydrogens is 231 g/mol. The summed E-state index contributed by atoms with van der Waals surface area (Å²) in [4.78, 5) is 0. The minimum absolute atomic E-state index is 0.502. The molecule has 2 N–H and O–H groups in total. The molecule has 1 aromatic carbocycles. The molecule has 0 bridgehead atoms. The summed E-state index contributed by atoms with van der Waals surface area (Å²) in [6.07, 6.45) is -4.42. The van der Waals surface area contributed by atoms with Gasteiger partial charge in [-0.05, 0) is 17.7 Å². The minimum atomic E-state index is -4.42. The van der Waals surface area contributed by atoms with Crippen LogP contribution in [-0.4, -0.2) is 19.3 Å². The van der Waals surface area contributed by atoms with Crippen molar-refractivity contribution >= 4 is 0 Å². The van der Waals surface area contributed by atoms with Gasteiger partial charge < -0.3 is 10.5 Å². The van der Waals surface area contributed by atoms with E-state index in [9.17, 15) is 13.2 Å². The minimum Gasteiger partial charge on any atom is -0.497 e. The van der Waals surface area contributed by atoms with Crippen molar-refractivity contribution in [2.75, 3.05) is 7.11 Å². The number of hydrogen-bond donors (Lipinski definition) is 1. The molecule has 1 atom stereocenters. The predicted molar refractivity (Wildman–Crippen MR) is 60.1 cm³/mol. The highest BCUT2D eigenvalue weighted by Crippen LogP contribution is 2.36. The summed E-state index contributed by atoms with van der Waals surface area (Å²) in [5.41, 5.74) is 4.59. The van der Waals surface area contributed by atoms with E-state index in [1.54, 1.807) is 24.3 Å². The number of hydrogen-bond acceptors (Lipinski definition) is 2. The van der Waals surface area contributed by atoms with Crippen LogP contribution in [0.25, 0.3) is 0 Å². The van der Waals surface area contributed by atoms with E-state index in [0.29, 0.717) is 11.3 Å². The van der Waals surface area contributed by atoms with Crippen molar-refractivity contribution in [3.05, 3.63) is 29.8 Å². The lowest BCUT2D eigenvalue weighted by Gasteiger charge is -2.33. The maximum atomic E-state index is 12.7. The van der Waals surface area contributed by atoms with Gasteiger partial charge in [-0.3, -0.25) is 0 Å². The zero-order valence-corrected chi connectivity index (χ0v) is 10.0. The Balaban J connectivity index is 3.11. The molecule has 0 saturated carbocycles. The average molecular weight is 247 g/mol. The number of methoxy groups -OCH3 is 1. The zero-order valence-electron chi connectivity index (χ0n) is 10.0. The average Bonchev–Trinajstić information content (AvgIpc) is 2.27. The molecule has 0 amide bonds. The highest BCUT2D eigenvalue weighted by Gasteiger charge is 2.47. The lowest BCUT2D eigenvalue weighted by atomic mass is 9.78. The van der Waals surface area contributed by atoms with E-state index >= 15 is 0 Å². The van der Waals surface area contributed by atoms with Gasteiger partial charge in [-0.15, -0.1) is 0 Å². The Morgan fingerprint density at radius 1 is 1.24 bits per heavy atom. The van der Waals surface area contributed by atoms with Crippen molar-refractivity contribution in [2.24, 2.45) is 5.73 Å². The molecule has 0 aliphatic heterocycles. The number of halogens is 3. The van der Waals surface area contributed by atoms with Crippen LogP contribution in [0.15, 0.2) is 24.3 Å². The third-order valence-corrected chi connectivity index (χ3v) is 2.94. The standard InChI is InChI=1S/C12H16F3NO/c1-11(2,10(16)12(13,14)15)8-5-4-6-9(7-8)17-3/h4-7,10H,16H2,1-3H3. The molecule has 0 heterocycles. The molecule has 0 aliphatic carbocycles. The third-order valence-electron chi connectivity index (χ3n) is 2.94. The van der Waals surface area contributed by atoms with Gasteiger partial charge in [-0.25, -0.2) is 0 Å². The van der Waals surface area contributed by atoms with Gasteiger partial charge >= 0.3 is 6.18 Å². The molecular formula is C12H16F3NO. The Bertz CT molecular complexity index is 388. The largest absolute Gasteiger partial charge is 0.497 e. The number of benzene rings is 1. The molecule has 0 radical (unpaired) electrons. The van der Waals surface area contributed by atoms with Crippen LogP contribution in [-0.2, 0) is 5.41 Å². The maximum absolute atomic E-state index is 12.7. The van der Waals surface area contributed by atoms with E-state index in [0.717, 1.165) is 0 Å². The number of ether oxygens (including phenoxy) is 1. The number of nitrogens with two attached hydrogens (primary N) is 1. The molecule has 2 nitrogen and oxygen atoms in total. The second-order valence-corrected chi connectivity index (χ2v) is 4.47. The fourth-order valence-corrected chi connectivity index (χ4v) is 1.61. The van der Waals surface area contributed by atoms with Crippen LogP contribution in [0, 0.1) is 0 Å². The van der Waals surface area contributed by atoms with Crippen molar-refractivity contribution in [3.8, 4) is 5.75 Å². The first-order valence-electron chi connectivity index (χ1n) is 5.16. The van der Waals surface area contributed by atoms with Crippen LogP contribution in [0.5, 0.6) is 5.75 Å². The van der Waals surface area contributed by atoms with Crippen molar-refractivity contribution in [1.82, 2.24) is 0 Å². The highest BCUT2D eigenvalue weighted by molar-refractivity contribution is 5.34. The third kappa shape index (κ3) is 2.91. The summed E-state index contributed by atoms with van der Waals surface area (Å²) >= 11 is 0. The number of rotatable bonds is 3. The van der Waals surface area contributed by atoms with E-state index in [-0.39, 0.29) is 0 Å². The van der Waals surface area contributed by atoms with Gasteiger partial charge in [0.1, 0.15) is 11.8 Å². The summed E-state index contributed by atoms with van der Waals surface area (Å²) in [6, 6.07) is 4.61. The quantitative estimate of drug-likeness (QED) is 0.891. The summed E-state index contributed by atoms with van der Waals surface area (Å²) in [7, 11) is 1.47. The van der Waals surface area contributed by atoms with Gasteiger partial charge in [0, 0.05) is 5.41 Å². The molecule has 1 aromatic rings. The van der Waals surface area contributed by atoms with Crippen LogP contribution in [0.2, 0.25) is 0 Å². The molecule has 17 heavy (non-hydrogen) atoms. The first kappa shape index (κ1) is 13.8. The van der Waals surface area contributed by atoms with Gasteiger partial charge in [-0.1, -0.05) is 26.0 Å². The Kier molecular flexibility index (Phi) is 3.71. The van der Waals surface area contributed by atoms with Gasteiger partial charge in [0.15, 0.2) is 0 Å². The van der Waals surface area contributed by atoms with E-state index in [1.165, 1.54) is 21.0 Å². The van der Waals surface area contributed by atoms with Crippen molar-refractivity contribution in [3.63, 3.8) is 0 Å². The van der Waals surface area contributed by atoms with E-state index in [4.69, 9.17) is 10.5 Å². The lowest BCUT2D eigenvalue weighted by Crippen LogP contribution is -2.51. The van der Waals surface area contributed by atoms with Crippen molar-refractivity contribution in [2.45, 2.75) is 31.5 Å². The first-order valence-corrected chi connectivity index (χ1v) is 5.16. The second kappa shape index (κ2) is 4.56. The maximum Gasteiger partial charge on any atom is 0.404 e. The van der Waals surface area contributed by atoms with Crippen LogP contribution in [0.3, 0.4) is 0 Å². The van der Waals surface area contributed by atoms with E-state index < -0.39 is 17.6 Å². The summed E-state index contributed by atoms with van der Waals surface area (Å²) in [5.74, 6) is 0.518. The topological polar surface area (TPSA) is 35.2 Å². The smallest absolute Gasteiger partial charge is 0.404 e. The molecule has 5 heteroatoms. The van der Waals surface area contributed by atoms with Gasteiger partial charge in [0.05, 0.1) is 7.11 Å². The summed E-state index contributed by atoms with van der Waals surface area (Å²) in [5, 5.41) is 0. The van der Waals surface area contributed by atoms with E-state index in [2.05, 4.69) is 0 Å². The monoisotopic (exact) mass is 247 g/mol. The highest BCUT2D eigenvalue weighted by atomic mass is 19.4. The lowest BCUT2D eigenvalue weighted by molar-refractivity contribution is -0.160. The number of alkyl halides is 3. The first-order chi connectivity index (χ1) is 7.69. The molecule has 0 aromatic heterocycles. The molecule has 1 unspecified atom stereocenters. The molecule has 0 fully saturated rings. The molecule has 1 rings (SSSR count). The van der Waals surface area contributed by atoms with Crippen molar-refractivity contribution < 1.29 is 17.9 Å². The summed E-state index contributed by atoms with van der Waals surface area (Å²) in [6.45, 7) is 2.94. The van der Waals surface area contributed by atoms with E-state index in [1.807, 2.05) is 0 Å². The summed E-state index contributed by atoms with van der Waals surface area (Å²) < 4.78 is 43.0. The Morgan fingerprint density at radius 2 is 1.82 bits per heavy atom. The normalized spacial score (nSPS) is 14.5. The Labute approximate surface area is 98.6 Å². The van der Waals surface area contributed by atoms with Crippen molar-refractivity contribution in [1.29, 1.82) is 0 Å². The SMILES string of the molecule is COc1cccc(C(C)(C)C(N)C(F)(F)F)c1. The zero-order chi connectivity index (χ0) is 13.3. The fraction of sp³-hybridized carbons (Fsp3) is 0.500. The molecule has 0 spiro atoms. The fourth-order valence-electron chi connectivity index (χ4n) is 1.61. The van der Waals surface area contributed by atoms with Crippen LogP contribution in [0.4, 0.5) is 13.2 Å². The second-order valence-electron chi connectivity index (χ2n) is 4.47. The van der Waals surface area contributed by atoms with Gasteiger partial charge in [0.2, 0.25) is 0 Å². The van der Waals surface area contributed by atoms with Crippen LogP contribution in [0.1, 0.15) is 19.4 Å². The van der Waals surface area contributed by atoms with Gasteiger partial charge in [0.25, 0.3) is 0 Å². The van der Waals surface area contributed by atoms with Crippen LogP contribution >= 0.6 is 0 Å². The molecule has 0 aliphatic rings. The predicted octanol–water partition coefficient (Wildman–Crippen LogP) is 2.86. The Morgan fingerprint density at radius 3 is 2.29 bits per heavy atom. The van der Waals surface area contributed by atoms with Crippen LogP contribution < -0.4 is 10.5 Å². The molecule has 0 saturated heterocycles.